The first kappa shape index (κ1) is 20.0. The fourth-order valence-corrected chi connectivity index (χ4v) is 2.93. The Morgan fingerprint density at radius 2 is 2.07 bits per heavy atom. The van der Waals surface area contributed by atoms with E-state index in [1.54, 1.807) is 12.1 Å². The van der Waals surface area contributed by atoms with Crippen molar-refractivity contribution < 1.29 is 13.7 Å². The molecule has 3 aromatic rings. The monoisotopic (exact) mass is 401 g/mol. The summed E-state index contributed by atoms with van der Waals surface area (Å²) in [5, 5.41) is 7.53. The van der Waals surface area contributed by atoms with Gasteiger partial charge in [-0.1, -0.05) is 55.2 Å². The molecule has 146 valence electrons. The fourth-order valence-electron chi connectivity index (χ4n) is 2.75. The second-order valence-corrected chi connectivity index (χ2v) is 7.17. The number of nitrogens with zero attached hydrogens (tertiary/aromatic N) is 2. The molecular formula is C21H21ClFN3O2. The molecule has 1 N–H and O–H groups in total. The van der Waals surface area contributed by atoms with E-state index in [9.17, 15) is 9.18 Å². The van der Waals surface area contributed by atoms with Crippen molar-refractivity contribution >= 4 is 17.5 Å². The van der Waals surface area contributed by atoms with Gasteiger partial charge in [-0.05, 0) is 42.7 Å². The van der Waals surface area contributed by atoms with Gasteiger partial charge in [0.1, 0.15) is 11.9 Å². The third-order valence-corrected chi connectivity index (χ3v) is 5.13. The summed E-state index contributed by atoms with van der Waals surface area (Å²) in [7, 11) is 0. The van der Waals surface area contributed by atoms with Crippen LogP contribution in [0.2, 0.25) is 5.02 Å². The highest BCUT2D eigenvalue weighted by Gasteiger charge is 2.27. The van der Waals surface area contributed by atoms with Crippen LogP contribution in [-0.4, -0.2) is 16.0 Å². The average molecular weight is 402 g/mol. The minimum atomic E-state index is -0.497. The summed E-state index contributed by atoms with van der Waals surface area (Å²) in [5.41, 5.74) is 1.91. The van der Waals surface area contributed by atoms with E-state index < -0.39 is 17.8 Å². The molecule has 5 nitrogen and oxygen atoms in total. The quantitative estimate of drug-likeness (QED) is 0.604. The molecule has 0 bridgehead atoms. The lowest BCUT2D eigenvalue weighted by Crippen LogP contribution is -2.32. The zero-order valence-corrected chi connectivity index (χ0v) is 16.6. The van der Waals surface area contributed by atoms with Crippen molar-refractivity contribution in [2.45, 2.75) is 33.2 Å². The van der Waals surface area contributed by atoms with E-state index in [-0.39, 0.29) is 11.5 Å². The predicted molar refractivity (Wildman–Crippen MR) is 106 cm³/mol. The maximum absolute atomic E-state index is 13.4. The van der Waals surface area contributed by atoms with Gasteiger partial charge in [-0.25, -0.2) is 4.39 Å². The molecule has 1 aromatic heterocycles. The van der Waals surface area contributed by atoms with E-state index >= 15 is 0 Å². The topological polar surface area (TPSA) is 68.0 Å². The molecule has 0 saturated carbocycles. The van der Waals surface area contributed by atoms with Crippen LogP contribution in [0.25, 0.3) is 11.4 Å². The molecular weight excluding hydrogens is 381 g/mol. The lowest BCUT2D eigenvalue weighted by molar-refractivity contribution is 0.0909. The van der Waals surface area contributed by atoms with Gasteiger partial charge in [0.05, 0.1) is 0 Å². The van der Waals surface area contributed by atoms with E-state index in [4.69, 9.17) is 16.1 Å². The Labute approximate surface area is 167 Å². The number of nitrogens with one attached hydrogen (secondary N) is 1. The van der Waals surface area contributed by atoms with Crippen LogP contribution in [0, 0.1) is 18.7 Å². The highest BCUT2D eigenvalue weighted by atomic mass is 35.5. The number of rotatable bonds is 6. The lowest BCUT2D eigenvalue weighted by atomic mass is 9.98. The van der Waals surface area contributed by atoms with Crippen molar-refractivity contribution in [2.75, 3.05) is 0 Å². The third-order valence-electron chi connectivity index (χ3n) is 4.72. The fraction of sp³-hybridized carbons (Fsp3) is 0.286. The molecule has 2 aromatic carbocycles. The van der Waals surface area contributed by atoms with Gasteiger partial charge < -0.3 is 9.84 Å². The lowest BCUT2D eigenvalue weighted by Gasteiger charge is -2.20. The summed E-state index contributed by atoms with van der Waals surface area (Å²) < 4.78 is 18.9. The Kier molecular flexibility index (Phi) is 6.09. The smallest absolute Gasteiger partial charge is 0.252 e. The van der Waals surface area contributed by atoms with Crippen molar-refractivity contribution in [3.63, 3.8) is 0 Å². The molecule has 28 heavy (non-hydrogen) atoms. The number of halogens is 2. The third kappa shape index (κ3) is 4.39. The van der Waals surface area contributed by atoms with E-state index in [1.165, 1.54) is 18.2 Å². The van der Waals surface area contributed by atoms with Crippen LogP contribution in [0.4, 0.5) is 4.39 Å². The maximum Gasteiger partial charge on any atom is 0.252 e. The van der Waals surface area contributed by atoms with Gasteiger partial charge in [0.25, 0.3) is 5.91 Å². The minimum Gasteiger partial charge on any atom is -0.340 e. The van der Waals surface area contributed by atoms with Crippen molar-refractivity contribution in [1.82, 2.24) is 15.5 Å². The molecule has 0 radical (unpaired) electrons. The molecule has 1 amide bonds. The first-order valence-electron chi connectivity index (χ1n) is 9.05. The zero-order valence-electron chi connectivity index (χ0n) is 15.9. The molecule has 2 unspecified atom stereocenters. The summed E-state index contributed by atoms with van der Waals surface area (Å²) in [6, 6.07) is 10.5. The van der Waals surface area contributed by atoms with Gasteiger partial charge in [-0.15, -0.1) is 0 Å². The van der Waals surface area contributed by atoms with Crippen LogP contribution >= 0.6 is 11.6 Å². The maximum atomic E-state index is 13.4. The van der Waals surface area contributed by atoms with E-state index in [0.717, 1.165) is 17.5 Å². The zero-order chi connectivity index (χ0) is 20.3. The second kappa shape index (κ2) is 8.52. The summed E-state index contributed by atoms with van der Waals surface area (Å²) in [6.07, 6.45) is 0.780. The Balaban J connectivity index is 1.87. The highest BCUT2D eigenvalue weighted by molar-refractivity contribution is 6.31. The Hall–Kier alpha value is -2.73. The van der Waals surface area contributed by atoms with E-state index in [2.05, 4.69) is 15.5 Å². The van der Waals surface area contributed by atoms with Crippen LogP contribution in [0.15, 0.2) is 47.0 Å². The molecule has 0 fully saturated rings. The van der Waals surface area contributed by atoms with Gasteiger partial charge in [0, 0.05) is 16.1 Å². The molecule has 0 aliphatic carbocycles. The summed E-state index contributed by atoms with van der Waals surface area (Å²) in [6.45, 7) is 5.89. The molecule has 2 atom stereocenters. The van der Waals surface area contributed by atoms with Crippen LogP contribution in [-0.2, 0) is 0 Å². The number of hydrogen-bond donors (Lipinski definition) is 1. The minimum absolute atomic E-state index is 0.0346. The largest absolute Gasteiger partial charge is 0.340 e. The first-order valence-corrected chi connectivity index (χ1v) is 9.43. The molecule has 0 aliphatic rings. The molecule has 0 spiro atoms. The van der Waals surface area contributed by atoms with Crippen LogP contribution < -0.4 is 5.32 Å². The Morgan fingerprint density at radius 1 is 1.29 bits per heavy atom. The van der Waals surface area contributed by atoms with Gasteiger partial charge in [0.2, 0.25) is 11.7 Å². The van der Waals surface area contributed by atoms with Gasteiger partial charge in [-0.2, -0.15) is 4.98 Å². The second-order valence-electron chi connectivity index (χ2n) is 6.77. The Bertz CT molecular complexity index is 989. The Morgan fingerprint density at radius 3 is 2.75 bits per heavy atom. The molecule has 0 saturated heterocycles. The summed E-state index contributed by atoms with van der Waals surface area (Å²) >= 11 is 6.18. The van der Waals surface area contributed by atoms with Crippen molar-refractivity contribution in [3.8, 4) is 11.4 Å². The van der Waals surface area contributed by atoms with Gasteiger partial charge >= 0.3 is 0 Å². The normalized spacial score (nSPS) is 13.2. The van der Waals surface area contributed by atoms with Crippen molar-refractivity contribution in [3.05, 3.63) is 70.3 Å². The number of carbonyl (C=O) groups is 1. The van der Waals surface area contributed by atoms with Crippen LogP contribution in [0.5, 0.6) is 0 Å². The van der Waals surface area contributed by atoms with Crippen molar-refractivity contribution in [1.29, 1.82) is 0 Å². The van der Waals surface area contributed by atoms with Crippen LogP contribution in [0.1, 0.15) is 48.1 Å². The summed E-state index contributed by atoms with van der Waals surface area (Å²) in [5.74, 6) is -0.143. The van der Waals surface area contributed by atoms with Gasteiger partial charge in [0.15, 0.2) is 0 Å². The molecule has 3 rings (SSSR count). The number of hydrogen-bond acceptors (Lipinski definition) is 4. The van der Waals surface area contributed by atoms with Crippen molar-refractivity contribution in [2.24, 2.45) is 5.92 Å². The first-order chi connectivity index (χ1) is 13.4. The van der Waals surface area contributed by atoms with E-state index in [0.29, 0.717) is 16.7 Å². The predicted octanol–water partition coefficient (Wildman–Crippen LogP) is 5.35. The molecule has 7 heteroatoms. The van der Waals surface area contributed by atoms with Crippen LogP contribution in [0.3, 0.4) is 0 Å². The number of benzene rings is 2. The number of carbonyl (C=O) groups excluding carboxylic acids is 1. The standard InChI is InChI=1S/C21H21ClFN3O2/c1-4-12(2)18(24-20(27)15-6-5-7-16(23)10-15)21-25-19(26-28-21)14-9-8-13(3)17(22)11-14/h5-12,18H,4H2,1-3H3,(H,24,27). The number of aryl methyl sites for hydroxylation is 1. The number of aromatic nitrogens is 2. The van der Waals surface area contributed by atoms with Gasteiger partial charge in [-0.3, -0.25) is 4.79 Å². The average Bonchev–Trinajstić information content (AvgIpc) is 3.17. The van der Waals surface area contributed by atoms with E-state index in [1.807, 2.05) is 32.9 Å². The molecule has 1 heterocycles. The highest BCUT2D eigenvalue weighted by Crippen LogP contribution is 2.28. The number of amides is 1. The molecule has 0 aliphatic heterocycles. The summed E-state index contributed by atoms with van der Waals surface area (Å²) in [4.78, 5) is 17.0. The SMILES string of the molecule is CCC(C)C(NC(=O)c1cccc(F)c1)c1nc(-c2ccc(C)c(Cl)c2)no1.